The normalized spacial score (nSPS) is 10.9. The van der Waals surface area contributed by atoms with E-state index < -0.39 is 22.5 Å². The highest BCUT2D eigenvalue weighted by atomic mass is 32.2. The SMILES string of the molecule is Cc1ccc(S(=O)(=O)NCC(=O)OCc2ccc(C#N)cc2)cc1C. The summed E-state index contributed by atoms with van der Waals surface area (Å²) >= 11 is 0. The number of nitrogens with one attached hydrogen (secondary N) is 1. The maximum absolute atomic E-state index is 12.2. The first-order chi connectivity index (χ1) is 11.8. The molecule has 2 aromatic carbocycles. The molecule has 0 aliphatic heterocycles. The zero-order valence-electron chi connectivity index (χ0n) is 13.9. The van der Waals surface area contributed by atoms with E-state index in [-0.39, 0.29) is 11.5 Å². The molecule has 0 saturated carbocycles. The summed E-state index contributed by atoms with van der Waals surface area (Å²) < 4.78 is 31.6. The first-order valence-electron chi connectivity index (χ1n) is 7.53. The number of sulfonamides is 1. The van der Waals surface area contributed by atoms with Crippen LogP contribution in [0.5, 0.6) is 0 Å². The number of hydrogen-bond acceptors (Lipinski definition) is 5. The van der Waals surface area contributed by atoms with E-state index in [1.807, 2.05) is 19.9 Å². The summed E-state index contributed by atoms with van der Waals surface area (Å²) in [6.45, 7) is 3.27. The lowest BCUT2D eigenvalue weighted by atomic mass is 10.1. The molecule has 0 atom stereocenters. The Morgan fingerprint density at radius 3 is 2.40 bits per heavy atom. The summed E-state index contributed by atoms with van der Waals surface area (Å²) in [7, 11) is -3.77. The molecule has 0 amide bonds. The van der Waals surface area contributed by atoms with Crippen LogP contribution in [-0.4, -0.2) is 20.9 Å². The van der Waals surface area contributed by atoms with Gasteiger partial charge in [0, 0.05) is 0 Å². The zero-order valence-corrected chi connectivity index (χ0v) is 14.8. The van der Waals surface area contributed by atoms with E-state index in [0.717, 1.165) is 11.1 Å². The van der Waals surface area contributed by atoms with Crippen LogP contribution >= 0.6 is 0 Å². The maximum atomic E-state index is 12.2. The molecule has 7 heteroatoms. The van der Waals surface area contributed by atoms with Crippen molar-refractivity contribution >= 4 is 16.0 Å². The van der Waals surface area contributed by atoms with Crippen molar-refractivity contribution in [3.63, 3.8) is 0 Å². The number of carbonyl (C=O) groups excluding carboxylic acids is 1. The van der Waals surface area contributed by atoms with Gasteiger partial charge in [-0.1, -0.05) is 18.2 Å². The molecule has 1 N–H and O–H groups in total. The fourth-order valence-corrected chi connectivity index (χ4v) is 3.06. The third-order valence-electron chi connectivity index (χ3n) is 3.68. The minimum atomic E-state index is -3.77. The summed E-state index contributed by atoms with van der Waals surface area (Å²) in [5.74, 6) is -0.684. The Labute approximate surface area is 147 Å². The maximum Gasteiger partial charge on any atom is 0.321 e. The van der Waals surface area contributed by atoms with E-state index in [2.05, 4.69) is 4.72 Å². The lowest BCUT2D eigenvalue weighted by Gasteiger charge is -2.09. The van der Waals surface area contributed by atoms with Gasteiger partial charge in [0.1, 0.15) is 13.2 Å². The highest BCUT2D eigenvalue weighted by Gasteiger charge is 2.16. The van der Waals surface area contributed by atoms with Crippen molar-refractivity contribution in [1.29, 1.82) is 5.26 Å². The number of nitriles is 1. The summed E-state index contributed by atoms with van der Waals surface area (Å²) in [6.07, 6.45) is 0. The lowest BCUT2D eigenvalue weighted by molar-refractivity contribution is -0.143. The van der Waals surface area contributed by atoms with Gasteiger partial charge in [-0.3, -0.25) is 4.79 Å². The van der Waals surface area contributed by atoms with E-state index in [0.29, 0.717) is 11.1 Å². The van der Waals surface area contributed by atoms with Crippen LogP contribution in [0, 0.1) is 25.2 Å². The number of carbonyl (C=O) groups is 1. The Morgan fingerprint density at radius 1 is 1.12 bits per heavy atom. The van der Waals surface area contributed by atoms with Gasteiger partial charge < -0.3 is 4.74 Å². The van der Waals surface area contributed by atoms with E-state index in [1.54, 1.807) is 36.4 Å². The van der Waals surface area contributed by atoms with Crippen molar-refractivity contribution in [2.75, 3.05) is 6.54 Å². The number of benzene rings is 2. The molecule has 0 bridgehead atoms. The van der Waals surface area contributed by atoms with E-state index >= 15 is 0 Å². The molecular weight excluding hydrogens is 340 g/mol. The van der Waals surface area contributed by atoms with Crippen molar-refractivity contribution in [3.05, 3.63) is 64.7 Å². The molecule has 0 saturated heterocycles. The quantitative estimate of drug-likeness (QED) is 0.799. The molecule has 0 spiro atoms. The topological polar surface area (TPSA) is 96.3 Å². The Bertz CT molecular complexity index is 913. The van der Waals surface area contributed by atoms with E-state index in [1.165, 1.54) is 6.07 Å². The molecule has 25 heavy (non-hydrogen) atoms. The number of aryl methyl sites for hydroxylation is 2. The highest BCUT2D eigenvalue weighted by Crippen LogP contribution is 2.14. The first-order valence-corrected chi connectivity index (χ1v) is 9.02. The third-order valence-corrected chi connectivity index (χ3v) is 5.08. The number of ether oxygens (including phenoxy) is 1. The number of hydrogen-bond donors (Lipinski definition) is 1. The monoisotopic (exact) mass is 358 g/mol. The second-order valence-corrected chi connectivity index (χ2v) is 7.31. The average Bonchev–Trinajstić information content (AvgIpc) is 2.61. The lowest BCUT2D eigenvalue weighted by Crippen LogP contribution is -2.30. The molecule has 0 fully saturated rings. The van der Waals surface area contributed by atoms with Crippen molar-refractivity contribution in [1.82, 2.24) is 4.72 Å². The van der Waals surface area contributed by atoms with Crippen molar-refractivity contribution in [2.24, 2.45) is 0 Å². The molecule has 0 radical (unpaired) electrons. The third kappa shape index (κ3) is 5.14. The Balaban J connectivity index is 1.89. The molecule has 6 nitrogen and oxygen atoms in total. The number of esters is 1. The van der Waals surface area contributed by atoms with Gasteiger partial charge in [-0.15, -0.1) is 0 Å². The number of nitrogens with zero attached hydrogens (tertiary/aromatic N) is 1. The summed E-state index contributed by atoms with van der Waals surface area (Å²) in [4.78, 5) is 11.8. The van der Waals surface area contributed by atoms with Crippen LogP contribution in [-0.2, 0) is 26.2 Å². The van der Waals surface area contributed by atoms with Gasteiger partial charge in [0.25, 0.3) is 0 Å². The van der Waals surface area contributed by atoms with Crippen LogP contribution in [0.1, 0.15) is 22.3 Å². The van der Waals surface area contributed by atoms with E-state index in [9.17, 15) is 13.2 Å². The molecular formula is C18H18N2O4S. The minimum Gasteiger partial charge on any atom is -0.460 e. The van der Waals surface area contributed by atoms with Gasteiger partial charge in [0.2, 0.25) is 10.0 Å². The molecule has 0 aliphatic rings. The second kappa shape index (κ2) is 7.92. The molecule has 130 valence electrons. The molecule has 2 aromatic rings. The smallest absolute Gasteiger partial charge is 0.321 e. The van der Waals surface area contributed by atoms with Gasteiger partial charge in [-0.05, 0) is 54.8 Å². The predicted octanol–water partition coefficient (Wildman–Crippen LogP) is 2.20. The van der Waals surface area contributed by atoms with Crippen LogP contribution in [0.3, 0.4) is 0 Å². The summed E-state index contributed by atoms with van der Waals surface area (Å²) in [5.41, 5.74) is 3.06. The van der Waals surface area contributed by atoms with Crippen LogP contribution in [0.25, 0.3) is 0 Å². The van der Waals surface area contributed by atoms with E-state index in [4.69, 9.17) is 10.00 Å². The minimum absolute atomic E-state index is 0.00983. The Morgan fingerprint density at radius 2 is 1.80 bits per heavy atom. The molecule has 0 aromatic heterocycles. The number of rotatable bonds is 6. The van der Waals surface area contributed by atoms with Crippen LogP contribution < -0.4 is 4.72 Å². The largest absolute Gasteiger partial charge is 0.460 e. The Kier molecular flexibility index (Phi) is 5.91. The molecule has 0 heterocycles. The van der Waals surface area contributed by atoms with Crippen molar-refractivity contribution in [2.45, 2.75) is 25.3 Å². The van der Waals surface area contributed by atoms with Gasteiger partial charge in [-0.2, -0.15) is 9.98 Å². The fourth-order valence-electron chi connectivity index (χ4n) is 2.01. The standard InChI is InChI=1S/C18H18N2O4S/c1-13-3-8-17(9-14(13)2)25(22,23)20-11-18(21)24-12-16-6-4-15(10-19)5-7-16/h3-9,20H,11-12H2,1-2H3. The molecule has 2 rings (SSSR count). The first kappa shape index (κ1) is 18.6. The highest BCUT2D eigenvalue weighted by molar-refractivity contribution is 7.89. The summed E-state index contributed by atoms with van der Waals surface area (Å²) in [6, 6.07) is 13.3. The van der Waals surface area contributed by atoms with Crippen molar-refractivity contribution in [3.8, 4) is 6.07 Å². The van der Waals surface area contributed by atoms with Gasteiger partial charge in [0.05, 0.1) is 16.5 Å². The average molecular weight is 358 g/mol. The molecule has 0 aliphatic carbocycles. The van der Waals surface area contributed by atoms with Crippen LogP contribution in [0.4, 0.5) is 0 Å². The van der Waals surface area contributed by atoms with Crippen molar-refractivity contribution < 1.29 is 17.9 Å². The van der Waals surface area contributed by atoms with Gasteiger partial charge >= 0.3 is 5.97 Å². The van der Waals surface area contributed by atoms with Crippen LogP contribution in [0.2, 0.25) is 0 Å². The van der Waals surface area contributed by atoms with Crippen LogP contribution in [0.15, 0.2) is 47.4 Å². The second-order valence-electron chi connectivity index (χ2n) is 5.54. The Hall–Kier alpha value is -2.69. The fraction of sp³-hybridized carbons (Fsp3) is 0.222. The predicted molar refractivity (Wildman–Crippen MR) is 92.1 cm³/mol. The summed E-state index contributed by atoms with van der Waals surface area (Å²) in [5, 5.41) is 8.72. The van der Waals surface area contributed by atoms with Gasteiger partial charge in [-0.25, -0.2) is 8.42 Å². The molecule has 0 unspecified atom stereocenters. The zero-order chi connectivity index (χ0) is 18.4. The van der Waals surface area contributed by atoms with Gasteiger partial charge in [0.15, 0.2) is 0 Å².